The average molecular weight is 256 g/mol. The lowest BCUT2D eigenvalue weighted by Crippen LogP contribution is -2.20. The molecule has 1 aromatic carbocycles. The highest BCUT2D eigenvalue weighted by Gasteiger charge is 2.13. The van der Waals surface area contributed by atoms with E-state index in [4.69, 9.17) is 0 Å². The maximum absolute atomic E-state index is 11.7. The highest BCUT2D eigenvalue weighted by Crippen LogP contribution is 2.23. The first-order chi connectivity index (χ1) is 6.57. The first kappa shape index (κ1) is 11.4. The molecule has 0 heterocycles. The summed E-state index contributed by atoms with van der Waals surface area (Å²) < 4.78 is 0.876. The van der Waals surface area contributed by atoms with Gasteiger partial charge in [-0.2, -0.15) is 0 Å². The minimum atomic E-state index is 0.126. The Kier molecular flexibility index (Phi) is 3.84. The average Bonchev–Trinajstić information content (AvgIpc) is 2.13. The number of nitrogens with one attached hydrogen (secondary N) is 1. The van der Waals surface area contributed by atoms with Gasteiger partial charge in [0.15, 0.2) is 5.78 Å². The second-order valence-corrected chi connectivity index (χ2v) is 4.17. The maximum atomic E-state index is 11.7. The van der Waals surface area contributed by atoms with E-state index in [1.54, 1.807) is 7.05 Å². The van der Waals surface area contributed by atoms with Crippen molar-refractivity contribution in [2.75, 3.05) is 13.6 Å². The molecule has 0 amide bonds. The van der Waals surface area contributed by atoms with Crippen LogP contribution in [0.1, 0.15) is 21.5 Å². The second-order valence-electron chi connectivity index (χ2n) is 3.32. The zero-order valence-corrected chi connectivity index (χ0v) is 10.2. The van der Waals surface area contributed by atoms with Gasteiger partial charge in [0, 0.05) is 10.0 Å². The van der Waals surface area contributed by atoms with E-state index in [2.05, 4.69) is 21.2 Å². The van der Waals surface area contributed by atoms with Gasteiger partial charge in [-0.3, -0.25) is 4.79 Å². The minimum absolute atomic E-state index is 0.126. The molecule has 0 aromatic heterocycles. The molecule has 3 heteroatoms. The summed E-state index contributed by atoms with van der Waals surface area (Å²) in [6.07, 6.45) is 0. The van der Waals surface area contributed by atoms with E-state index in [9.17, 15) is 4.79 Å². The van der Waals surface area contributed by atoms with Crippen LogP contribution in [-0.2, 0) is 0 Å². The van der Waals surface area contributed by atoms with Crippen molar-refractivity contribution >= 4 is 21.7 Å². The van der Waals surface area contributed by atoms with Gasteiger partial charge in [0.2, 0.25) is 0 Å². The highest BCUT2D eigenvalue weighted by atomic mass is 79.9. The number of Topliss-reactive ketones (excluding diaryl/α,β-unsaturated/α-hetero) is 1. The van der Waals surface area contributed by atoms with Crippen LogP contribution in [-0.4, -0.2) is 19.4 Å². The minimum Gasteiger partial charge on any atom is -0.313 e. The number of hydrogen-bond acceptors (Lipinski definition) is 2. The number of benzene rings is 1. The monoisotopic (exact) mass is 255 g/mol. The maximum Gasteiger partial charge on any atom is 0.177 e. The molecule has 2 nitrogen and oxygen atoms in total. The van der Waals surface area contributed by atoms with E-state index in [-0.39, 0.29) is 5.78 Å². The standard InChI is InChI=1S/C11H14BrNO/c1-7-4-5-9(12)11(8(7)2)10(14)6-13-3/h4-5,13H,6H2,1-3H3. The molecule has 0 bridgehead atoms. The smallest absolute Gasteiger partial charge is 0.177 e. The first-order valence-electron chi connectivity index (χ1n) is 4.51. The molecule has 0 fully saturated rings. The van der Waals surface area contributed by atoms with E-state index in [1.807, 2.05) is 26.0 Å². The molecule has 0 aliphatic rings. The van der Waals surface area contributed by atoms with E-state index in [1.165, 1.54) is 0 Å². The van der Waals surface area contributed by atoms with Crippen LogP contribution in [0.5, 0.6) is 0 Å². The molecule has 1 aromatic rings. The molecule has 14 heavy (non-hydrogen) atoms. The normalized spacial score (nSPS) is 10.3. The highest BCUT2D eigenvalue weighted by molar-refractivity contribution is 9.10. The van der Waals surface area contributed by atoms with Gasteiger partial charge in [0.25, 0.3) is 0 Å². The van der Waals surface area contributed by atoms with Gasteiger partial charge in [-0.1, -0.05) is 22.0 Å². The number of aryl methyl sites for hydroxylation is 1. The molecule has 1 N–H and O–H groups in total. The Balaban J connectivity index is 3.18. The number of halogens is 1. The molecular weight excluding hydrogens is 242 g/mol. The summed E-state index contributed by atoms with van der Waals surface area (Å²) >= 11 is 3.40. The lowest BCUT2D eigenvalue weighted by Gasteiger charge is -2.09. The van der Waals surface area contributed by atoms with Crippen molar-refractivity contribution < 1.29 is 4.79 Å². The first-order valence-corrected chi connectivity index (χ1v) is 5.30. The summed E-state index contributed by atoms with van der Waals surface area (Å²) in [6.45, 7) is 4.36. The Morgan fingerprint density at radius 3 is 2.64 bits per heavy atom. The molecule has 0 unspecified atom stereocenters. The molecule has 76 valence electrons. The van der Waals surface area contributed by atoms with Gasteiger partial charge in [0.05, 0.1) is 6.54 Å². The SMILES string of the molecule is CNCC(=O)c1c(Br)ccc(C)c1C. The van der Waals surface area contributed by atoms with Gasteiger partial charge in [-0.25, -0.2) is 0 Å². The Labute approximate surface area is 92.8 Å². The van der Waals surface area contributed by atoms with E-state index in [0.29, 0.717) is 6.54 Å². The van der Waals surface area contributed by atoms with Crippen LogP contribution in [0.15, 0.2) is 16.6 Å². The van der Waals surface area contributed by atoms with E-state index < -0.39 is 0 Å². The predicted octanol–water partition coefficient (Wildman–Crippen LogP) is 2.47. The Bertz CT molecular complexity index is 361. The molecule has 0 aliphatic heterocycles. The fourth-order valence-corrected chi connectivity index (χ4v) is 2.02. The second kappa shape index (κ2) is 4.71. The quantitative estimate of drug-likeness (QED) is 0.842. The van der Waals surface area contributed by atoms with Crippen molar-refractivity contribution in [2.45, 2.75) is 13.8 Å². The fraction of sp³-hybridized carbons (Fsp3) is 0.364. The summed E-state index contributed by atoms with van der Waals surface area (Å²) in [5.41, 5.74) is 2.99. The third-order valence-electron chi connectivity index (χ3n) is 2.30. The van der Waals surface area contributed by atoms with Gasteiger partial charge in [0.1, 0.15) is 0 Å². The summed E-state index contributed by atoms with van der Waals surface area (Å²) in [4.78, 5) is 11.7. The largest absolute Gasteiger partial charge is 0.313 e. The number of carbonyl (C=O) groups is 1. The van der Waals surface area contributed by atoms with E-state index >= 15 is 0 Å². The summed E-state index contributed by atoms with van der Waals surface area (Å²) in [6, 6.07) is 3.93. The Morgan fingerprint density at radius 1 is 1.43 bits per heavy atom. The number of likely N-dealkylation sites (N-methyl/N-ethyl adjacent to an activating group) is 1. The van der Waals surface area contributed by atoms with E-state index in [0.717, 1.165) is 21.2 Å². The lowest BCUT2D eigenvalue weighted by molar-refractivity contribution is 0.0992. The molecule has 0 aliphatic carbocycles. The van der Waals surface area contributed by atoms with Crippen LogP contribution in [0.4, 0.5) is 0 Å². The lowest BCUT2D eigenvalue weighted by atomic mass is 10.0. The molecule has 0 saturated carbocycles. The zero-order chi connectivity index (χ0) is 10.7. The van der Waals surface area contributed by atoms with Crippen LogP contribution >= 0.6 is 15.9 Å². The topological polar surface area (TPSA) is 29.1 Å². The number of carbonyl (C=O) groups excluding carboxylic acids is 1. The Hall–Kier alpha value is -0.670. The van der Waals surface area contributed by atoms with Crippen LogP contribution in [0.2, 0.25) is 0 Å². The molecule has 0 atom stereocenters. The number of ketones is 1. The summed E-state index contributed by atoms with van der Waals surface area (Å²) in [5, 5.41) is 2.87. The summed E-state index contributed by atoms with van der Waals surface area (Å²) in [7, 11) is 1.77. The van der Waals surface area contributed by atoms with Gasteiger partial charge >= 0.3 is 0 Å². The number of rotatable bonds is 3. The molecule has 0 radical (unpaired) electrons. The van der Waals surface area contributed by atoms with Crippen molar-refractivity contribution in [3.05, 3.63) is 33.3 Å². The van der Waals surface area contributed by atoms with Gasteiger partial charge in [-0.05, 0) is 38.1 Å². The molecule has 1 rings (SSSR count). The van der Waals surface area contributed by atoms with Gasteiger partial charge < -0.3 is 5.32 Å². The molecular formula is C11H14BrNO. The van der Waals surface area contributed by atoms with Crippen molar-refractivity contribution in [3.63, 3.8) is 0 Å². The van der Waals surface area contributed by atoms with Crippen molar-refractivity contribution in [3.8, 4) is 0 Å². The van der Waals surface area contributed by atoms with Crippen LogP contribution in [0.25, 0.3) is 0 Å². The van der Waals surface area contributed by atoms with Gasteiger partial charge in [-0.15, -0.1) is 0 Å². The Morgan fingerprint density at radius 2 is 2.07 bits per heavy atom. The van der Waals surface area contributed by atoms with Crippen molar-refractivity contribution in [1.29, 1.82) is 0 Å². The van der Waals surface area contributed by atoms with Crippen molar-refractivity contribution in [2.24, 2.45) is 0 Å². The molecule has 0 saturated heterocycles. The van der Waals surface area contributed by atoms with Crippen LogP contribution in [0, 0.1) is 13.8 Å². The fourth-order valence-electron chi connectivity index (χ4n) is 1.37. The third-order valence-corrected chi connectivity index (χ3v) is 2.96. The number of hydrogen-bond donors (Lipinski definition) is 1. The third kappa shape index (κ3) is 2.22. The molecule has 0 spiro atoms. The summed E-state index contributed by atoms with van der Waals surface area (Å²) in [5.74, 6) is 0.126. The predicted molar refractivity (Wildman–Crippen MR) is 61.9 cm³/mol. The van der Waals surface area contributed by atoms with Crippen molar-refractivity contribution in [1.82, 2.24) is 5.32 Å². The zero-order valence-electron chi connectivity index (χ0n) is 8.65. The van der Waals surface area contributed by atoms with Crippen LogP contribution in [0.3, 0.4) is 0 Å². The van der Waals surface area contributed by atoms with Crippen LogP contribution < -0.4 is 5.32 Å².